The van der Waals surface area contributed by atoms with Crippen LogP contribution in [0.2, 0.25) is 5.02 Å². The molecule has 0 saturated heterocycles. The number of methoxy groups -OCH3 is 1. The zero-order valence-corrected chi connectivity index (χ0v) is 12.8. The van der Waals surface area contributed by atoms with Gasteiger partial charge in [0.15, 0.2) is 0 Å². The lowest BCUT2D eigenvalue weighted by molar-refractivity contribution is -0.126. The van der Waals surface area contributed by atoms with Crippen molar-refractivity contribution in [3.63, 3.8) is 0 Å². The van der Waals surface area contributed by atoms with Gasteiger partial charge in [-0.2, -0.15) is 4.98 Å². The molecule has 118 valence electrons. The van der Waals surface area contributed by atoms with Gasteiger partial charge in [0.2, 0.25) is 17.6 Å². The molecule has 0 spiro atoms. The number of halogens is 1. The van der Waals surface area contributed by atoms with Gasteiger partial charge in [-0.3, -0.25) is 4.79 Å². The maximum Gasteiger partial charge on any atom is 0.246 e. The van der Waals surface area contributed by atoms with Crippen molar-refractivity contribution in [1.82, 2.24) is 15.5 Å². The topological polar surface area (TPSA) is 86.5 Å². The van der Waals surface area contributed by atoms with Gasteiger partial charge >= 0.3 is 0 Å². The van der Waals surface area contributed by atoms with Gasteiger partial charge in [0.25, 0.3) is 0 Å². The molecule has 2 aromatic rings. The summed E-state index contributed by atoms with van der Waals surface area (Å²) in [5.74, 6) is 0.460. The van der Waals surface area contributed by atoms with Crippen LogP contribution in [0.25, 0.3) is 11.4 Å². The molecule has 7 nitrogen and oxygen atoms in total. The summed E-state index contributed by atoms with van der Waals surface area (Å²) in [4.78, 5) is 15.7. The number of rotatable bonds is 8. The number of aromatic nitrogens is 2. The Kier molecular flexibility index (Phi) is 6.32. The highest BCUT2D eigenvalue weighted by molar-refractivity contribution is 6.30. The van der Waals surface area contributed by atoms with Gasteiger partial charge in [0.05, 0.1) is 19.8 Å². The molecule has 0 saturated carbocycles. The second-order valence-electron chi connectivity index (χ2n) is 4.34. The molecular formula is C14H16ClN3O4. The molecule has 1 aromatic heterocycles. The molecule has 8 heteroatoms. The Labute approximate surface area is 132 Å². The van der Waals surface area contributed by atoms with Gasteiger partial charge in [0, 0.05) is 17.7 Å². The fourth-order valence-corrected chi connectivity index (χ4v) is 1.79. The third kappa shape index (κ3) is 5.10. The SMILES string of the molecule is COCCOCC(=O)NCc1nc(-c2cccc(Cl)c2)no1. The van der Waals surface area contributed by atoms with E-state index in [2.05, 4.69) is 15.5 Å². The Morgan fingerprint density at radius 1 is 1.41 bits per heavy atom. The maximum atomic E-state index is 11.5. The van der Waals surface area contributed by atoms with Crippen molar-refractivity contribution in [2.75, 3.05) is 26.9 Å². The first-order chi connectivity index (χ1) is 10.7. The van der Waals surface area contributed by atoms with E-state index in [-0.39, 0.29) is 19.1 Å². The van der Waals surface area contributed by atoms with Crippen LogP contribution in [0.1, 0.15) is 5.89 Å². The van der Waals surface area contributed by atoms with E-state index in [1.54, 1.807) is 25.3 Å². The van der Waals surface area contributed by atoms with Crippen LogP contribution in [0.4, 0.5) is 0 Å². The van der Waals surface area contributed by atoms with Crippen molar-refractivity contribution < 1.29 is 18.8 Å². The highest BCUT2D eigenvalue weighted by Gasteiger charge is 2.10. The predicted octanol–water partition coefficient (Wildman–Crippen LogP) is 1.67. The molecule has 0 fully saturated rings. The quantitative estimate of drug-likeness (QED) is 0.743. The average molecular weight is 326 g/mol. The fraction of sp³-hybridized carbons (Fsp3) is 0.357. The highest BCUT2D eigenvalue weighted by Crippen LogP contribution is 2.19. The predicted molar refractivity (Wildman–Crippen MR) is 79.3 cm³/mol. The third-order valence-electron chi connectivity index (χ3n) is 2.65. The summed E-state index contributed by atoms with van der Waals surface area (Å²) in [6.07, 6.45) is 0. The Balaban J connectivity index is 1.81. The van der Waals surface area contributed by atoms with Crippen molar-refractivity contribution in [2.45, 2.75) is 6.54 Å². The second-order valence-corrected chi connectivity index (χ2v) is 4.78. The number of nitrogens with zero attached hydrogens (tertiary/aromatic N) is 2. The zero-order chi connectivity index (χ0) is 15.8. The van der Waals surface area contributed by atoms with E-state index >= 15 is 0 Å². The summed E-state index contributed by atoms with van der Waals surface area (Å²) in [5.41, 5.74) is 0.747. The van der Waals surface area contributed by atoms with Crippen LogP contribution >= 0.6 is 11.6 Å². The number of ether oxygens (including phenoxy) is 2. The number of carbonyl (C=O) groups is 1. The first-order valence-corrected chi connectivity index (χ1v) is 6.98. The van der Waals surface area contributed by atoms with Crippen molar-refractivity contribution in [3.8, 4) is 11.4 Å². The average Bonchev–Trinajstić information content (AvgIpc) is 2.98. The van der Waals surface area contributed by atoms with Gasteiger partial charge in [-0.25, -0.2) is 0 Å². The number of nitrogens with one attached hydrogen (secondary N) is 1. The van der Waals surface area contributed by atoms with Crippen LogP contribution in [0.15, 0.2) is 28.8 Å². The standard InChI is InChI=1S/C14H16ClN3O4/c1-20-5-6-21-9-12(19)16-8-13-17-14(18-22-13)10-3-2-4-11(15)7-10/h2-4,7H,5-6,8-9H2,1H3,(H,16,19). The highest BCUT2D eigenvalue weighted by atomic mass is 35.5. The molecule has 0 atom stereocenters. The van der Waals surface area contributed by atoms with Crippen LogP contribution in [0, 0.1) is 0 Å². The van der Waals surface area contributed by atoms with Crippen molar-refractivity contribution >= 4 is 17.5 Å². The molecule has 1 heterocycles. The minimum atomic E-state index is -0.265. The molecule has 1 aromatic carbocycles. The lowest BCUT2D eigenvalue weighted by Crippen LogP contribution is -2.27. The Bertz CT molecular complexity index is 618. The lowest BCUT2D eigenvalue weighted by Gasteiger charge is -2.03. The smallest absolute Gasteiger partial charge is 0.246 e. The molecule has 0 aliphatic rings. The van der Waals surface area contributed by atoms with E-state index in [9.17, 15) is 4.79 Å². The Hall–Kier alpha value is -1.96. The molecular weight excluding hydrogens is 310 g/mol. The fourth-order valence-electron chi connectivity index (χ4n) is 1.60. The van der Waals surface area contributed by atoms with Crippen molar-refractivity contribution in [2.24, 2.45) is 0 Å². The molecule has 0 radical (unpaired) electrons. The Morgan fingerprint density at radius 2 is 2.27 bits per heavy atom. The molecule has 2 rings (SSSR count). The molecule has 0 unspecified atom stereocenters. The normalized spacial score (nSPS) is 10.6. The monoisotopic (exact) mass is 325 g/mol. The van der Waals surface area contributed by atoms with Crippen LogP contribution in [-0.4, -0.2) is 43.0 Å². The summed E-state index contributed by atoms with van der Waals surface area (Å²) in [6, 6.07) is 7.11. The van der Waals surface area contributed by atoms with E-state index in [4.69, 9.17) is 25.6 Å². The molecule has 1 N–H and O–H groups in total. The largest absolute Gasteiger partial charge is 0.382 e. The second kappa shape index (κ2) is 8.47. The van der Waals surface area contributed by atoms with E-state index in [0.717, 1.165) is 5.56 Å². The number of hydrogen-bond acceptors (Lipinski definition) is 6. The van der Waals surface area contributed by atoms with Crippen LogP contribution in [-0.2, 0) is 20.8 Å². The summed E-state index contributed by atoms with van der Waals surface area (Å²) in [7, 11) is 1.57. The summed E-state index contributed by atoms with van der Waals surface area (Å²) >= 11 is 5.91. The van der Waals surface area contributed by atoms with E-state index < -0.39 is 0 Å². The minimum Gasteiger partial charge on any atom is -0.382 e. The zero-order valence-electron chi connectivity index (χ0n) is 12.0. The van der Waals surface area contributed by atoms with Crippen LogP contribution in [0.3, 0.4) is 0 Å². The maximum absolute atomic E-state index is 11.5. The third-order valence-corrected chi connectivity index (χ3v) is 2.89. The first kappa shape index (κ1) is 16.4. The molecule has 0 aliphatic heterocycles. The van der Waals surface area contributed by atoms with Crippen molar-refractivity contribution in [1.29, 1.82) is 0 Å². The molecule has 0 bridgehead atoms. The summed E-state index contributed by atoms with van der Waals surface area (Å²) in [6.45, 7) is 0.905. The lowest BCUT2D eigenvalue weighted by atomic mass is 10.2. The number of amides is 1. The minimum absolute atomic E-state index is 0.0430. The van der Waals surface area contributed by atoms with E-state index in [1.807, 2.05) is 6.07 Å². The van der Waals surface area contributed by atoms with Crippen LogP contribution in [0.5, 0.6) is 0 Å². The molecule has 22 heavy (non-hydrogen) atoms. The molecule has 0 aliphatic carbocycles. The van der Waals surface area contributed by atoms with Gasteiger partial charge in [0.1, 0.15) is 6.61 Å². The number of hydrogen-bond donors (Lipinski definition) is 1. The Morgan fingerprint density at radius 3 is 3.05 bits per heavy atom. The van der Waals surface area contributed by atoms with Crippen LogP contribution < -0.4 is 5.32 Å². The number of benzene rings is 1. The van der Waals surface area contributed by atoms with Gasteiger partial charge in [-0.15, -0.1) is 0 Å². The van der Waals surface area contributed by atoms with Gasteiger partial charge < -0.3 is 19.3 Å². The van der Waals surface area contributed by atoms with E-state index in [0.29, 0.717) is 30.0 Å². The van der Waals surface area contributed by atoms with Crippen molar-refractivity contribution in [3.05, 3.63) is 35.2 Å². The van der Waals surface area contributed by atoms with Gasteiger partial charge in [-0.05, 0) is 12.1 Å². The summed E-state index contributed by atoms with van der Waals surface area (Å²) < 4.78 is 15.0. The van der Waals surface area contributed by atoms with E-state index in [1.165, 1.54) is 0 Å². The molecule has 1 amide bonds. The van der Waals surface area contributed by atoms with Gasteiger partial charge in [-0.1, -0.05) is 28.9 Å². The first-order valence-electron chi connectivity index (χ1n) is 6.61. The summed E-state index contributed by atoms with van der Waals surface area (Å²) in [5, 5.41) is 7.06. The number of carbonyl (C=O) groups excluding carboxylic acids is 1.